The van der Waals surface area contributed by atoms with E-state index < -0.39 is 5.82 Å². The van der Waals surface area contributed by atoms with Gasteiger partial charge in [-0.05, 0) is 47.5 Å². The minimum atomic E-state index is -0.490. The molecule has 35 heavy (non-hydrogen) atoms. The van der Waals surface area contributed by atoms with Gasteiger partial charge >= 0.3 is 0 Å². The maximum absolute atomic E-state index is 13.4. The summed E-state index contributed by atoms with van der Waals surface area (Å²) in [7, 11) is 6.03. The molecule has 2 N–H and O–H groups in total. The summed E-state index contributed by atoms with van der Waals surface area (Å²) in [5.41, 5.74) is 2.09. The highest BCUT2D eigenvalue weighted by Gasteiger charge is 2.13. The highest BCUT2D eigenvalue weighted by molar-refractivity contribution is 6.04. The molecule has 0 aliphatic heterocycles. The number of phenolic OH excluding ortho intramolecular Hbond substituents is 1. The molecule has 0 radical (unpaired) electrons. The van der Waals surface area contributed by atoms with Gasteiger partial charge in [0.05, 0.1) is 34.1 Å². The van der Waals surface area contributed by atoms with E-state index in [1.54, 1.807) is 30.3 Å². The van der Waals surface area contributed by atoms with Crippen LogP contribution in [0, 0.1) is 5.82 Å². The van der Waals surface area contributed by atoms with Crippen molar-refractivity contribution in [3.8, 4) is 28.7 Å². The molecule has 0 unspecified atom stereocenters. The van der Waals surface area contributed by atoms with Gasteiger partial charge in [0.15, 0.2) is 28.8 Å². The molecule has 0 atom stereocenters. The molecule has 182 valence electrons. The lowest BCUT2D eigenvalue weighted by Crippen LogP contribution is -1.98. The third-order valence-electron chi connectivity index (χ3n) is 5.03. The highest BCUT2D eigenvalue weighted by Crippen LogP contribution is 2.39. The Hall–Kier alpha value is -4.46. The van der Waals surface area contributed by atoms with Crippen LogP contribution >= 0.6 is 0 Å². The number of rotatable bonds is 10. The first-order valence-corrected chi connectivity index (χ1v) is 10.5. The van der Waals surface area contributed by atoms with Gasteiger partial charge in [-0.15, -0.1) is 0 Å². The molecule has 0 heterocycles. The number of phenols is 1. The Balaban J connectivity index is 1.85. The van der Waals surface area contributed by atoms with Crippen LogP contribution in [0.5, 0.6) is 28.7 Å². The van der Waals surface area contributed by atoms with Crippen molar-refractivity contribution in [2.45, 2.75) is 0 Å². The van der Waals surface area contributed by atoms with Gasteiger partial charge in [-0.1, -0.05) is 24.3 Å². The standard InChI is InChI=1S/C27H26FNO6/c1-32-24-14-18(15-25(33-2)27(24)35-4)9-8-17-12-21(26(34-3)23(31)13-17)29-11-10-22(30)19-6-5-7-20(28)16-19/h5-16,29,31H,1-4H3. The van der Waals surface area contributed by atoms with Crippen molar-refractivity contribution in [1.82, 2.24) is 0 Å². The number of benzene rings is 3. The lowest BCUT2D eigenvalue weighted by Gasteiger charge is -2.13. The second kappa shape index (κ2) is 11.6. The van der Waals surface area contributed by atoms with Gasteiger partial charge in [0.2, 0.25) is 5.75 Å². The Kier molecular flexibility index (Phi) is 8.34. The van der Waals surface area contributed by atoms with Crippen LogP contribution in [-0.4, -0.2) is 39.3 Å². The number of methoxy groups -OCH3 is 4. The van der Waals surface area contributed by atoms with Crippen molar-refractivity contribution < 1.29 is 33.2 Å². The molecule has 0 saturated heterocycles. The summed E-state index contributed by atoms with van der Waals surface area (Å²) in [5, 5.41) is 13.4. The van der Waals surface area contributed by atoms with Crippen molar-refractivity contribution in [3.63, 3.8) is 0 Å². The minimum Gasteiger partial charge on any atom is -0.504 e. The number of aromatic hydroxyl groups is 1. The van der Waals surface area contributed by atoms with Crippen molar-refractivity contribution in [3.05, 3.63) is 83.3 Å². The van der Waals surface area contributed by atoms with Crippen LogP contribution in [0.4, 0.5) is 10.1 Å². The zero-order chi connectivity index (χ0) is 25.4. The van der Waals surface area contributed by atoms with Crippen molar-refractivity contribution in [2.75, 3.05) is 33.8 Å². The van der Waals surface area contributed by atoms with Crippen molar-refractivity contribution in [2.24, 2.45) is 0 Å². The molecule has 0 bridgehead atoms. The van der Waals surface area contributed by atoms with Gasteiger partial charge in [-0.25, -0.2) is 4.39 Å². The normalized spacial score (nSPS) is 11.0. The fraction of sp³-hybridized carbons (Fsp3) is 0.148. The first-order valence-electron chi connectivity index (χ1n) is 10.5. The second-order valence-electron chi connectivity index (χ2n) is 7.27. The molecule has 0 aliphatic rings. The summed E-state index contributed by atoms with van der Waals surface area (Å²) in [4.78, 5) is 12.3. The van der Waals surface area contributed by atoms with Gasteiger partial charge in [0.1, 0.15) is 5.82 Å². The summed E-state index contributed by atoms with van der Waals surface area (Å²) < 4.78 is 34.7. The maximum atomic E-state index is 13.4. The summed E-state index contributed by atoms with van der Waals surface area (Å²) in [6.45, 7) is 0. The van der Waals surface area contributed by atoms with Crippen LogP contribution in [0.15, 0.2) is 60.8 Å². The number of ketones is 1. The van der Waals surface area contributed by atoms with Gasteiger partial charge in [0.25, 0.3) is 0 Å². The highest BCUT2D eigenvalue weighted by atomic mass is 19.1. The van der Waals surface area contributed by atoms with Crippen LogP contribution in [-0.2, 0) is 0 Å². The topological polar surface area (TPSA) is 86.2 Å². The van der Waals surface area contributed by atoms with Crippen molar-refractivity contribution in [1.29, 1.82) is 0 Å². The summed E-state index contributed by atoms with van der Waals surface area (Å²) in [5.74, 6) is 0.762. The SMILES string of the molecule is COc1cc(C=Cc2cc(O)c(OC)c(NC=CC(=O)c3cccc(F)c3)c2)cc(OC)c1OC. The van der Waals surface area contributed by atoms with E-state index in [2.05, 4.69) is 5.32 Å². The first-order chi connectivity index (χ1) is 16.9. The van der Waals surface area contributed by atoms with E-state index in [1.807, 2.05) is 6.08 Å². The molecule has 0 spiro atoms. The van der Waals surface area contributed by atoms with Gasteiger partial charge < -0.3 is 29.4 Å². The van der Waals surface area contributed by atoms with Crippen LogP contribution in [0.3, 0.4) is 0 Å². The Morgan fingerprint density at radius 2 is 1.49 bits per heavy atom. The largest absolute Gasteiger partial charge is 0.504 e. The number of nitrogens with one attached hydrogen (secondary N) is 1. The zero-order valence-corrected chi connectivity index (χ0v) is 19.8. The smallest absolute Gasteiger partial charge is 0.203 e. The number of ether oxygens (including phenoxy) is 4. The van der Waals surface area contributed by atoms with Gasteiger partial charge in [0, 0.05) is 17.8 Å². The Labute approximate surface area is 203 Å². The fourth-order valence-corrected chi connectivity index (χ4v) is 3.39. The van der Waals surface area contributed by atoms with Crippen molar-refractivity contribution >= 4 is 23.6 Å². The van der Waals surface area contributed by atoms with Crippen LogP contribution in [0.25, 0.3) is 12.2 Å². The number of hydrogen-bond acceptors (Lipinski definition) is 7. The average molecular weight is 480 g/mol. The number of carbonyl (C=O) groups is 1. The molecule has 0 aliphatic carbocycles. The summed E-state index contributed by atoms with van der Waals surface area (Å²) in [6, 6.07) is 12.3. The molecular weight excluding hydrogens is 453 g/mol. The Morgan fingerprint density at radius 1 is 0.857 bits per heavy atom. The lowest BCUT2D eigenvalue weighted by atomic mass is 10.1. The first kappa shape index (κ1) is 25.2. The van der Waals surface area contributed by atoms with E-state index in [0.29, 0.717) is 28.5 Å². The average Bonchev–Trinajstić information content (AvgIpc) is 2.86. The molecule has 0 amide bonds. The molecule has 7 nitrogen and oxygen atoms in total. The summed E-state index contributed by atoms with van der Waals surface area (Å²) in [6.07, 6.45) is 6.27. The molecule has 0 aromatic heterocycles. The molecule has 3 rings (SSSR count). The Bertz CT molecular complexity index is 1240. The van der Waals surface area contributed by atoms with Gasteiger partial charge in [-0.3, -0.25) is 4.79 Å². The van der Waals surface area contributed by atoms with E-state index in [0.717, 1.165) is 11.6 Å². The predicted molar refractivity (Wildman–Crippen MR) is 133 cm³/mol. The molecular formula is C27H26FNO6. The molecule has 0 saturated carbocycles. The second-order valence-corrected chi connectivity index (χ2v) is 7.27. The van der Waals surface area contributed by atoms with Gasteiger partial charge in [-0.2, -0.15) is 0 Å². The van der Waals surface area contributed by atoms with E-state index in [-0.39, 0.29) is 22.8 Å². The van der Waals surface area contributed by atoms with E-state index in [4.69, 9.17) is 18.9 Å². The third-order valence-corrected chi connectivity index (χ3v) is 5.03. The Morgan fingerprint density at radius 3 is 2.06 bits per heavy atom. The summed E-state index contributed by atoms with van der Waals surface area (Å²) >= 11 is 0. The van der Waals surface area contributed by atoms with Crippen LogP contribution < -0.4 is 24.3 Å². The number of allylic oxidation sites excluding steroid dienone is 1. The number of hydrogen-bond donors (Lipinski definition) is 2. The zero-order valence-electron chi connectivity index (χ0n) is 19.8. The third kappa shape index (κ3) is 6.11. The number of carbonyl (C=O) groups excluding carboxylic acids is 1. The van der Waals surface area contributed by atoms with E-state index >= 15 is 0 Å². The van der Waals surface area contributed by atoms with Crippen LogP contribution in [0.2, 0.25) is 0 Å². The number of halogens is 1. The van der Waals surface area contributed by atoms with E-state index in [9.17, 15) is 14.3 Å². The van der Waals surface area contributed by atoms with Crippen LogP contribution in [0.1, 0.15) is 21.5 Å². The molecule has 0 fully saturated rings. The monoisotopic (exact) mass is 479 g/mol. The number of anilines is 1. The molecule has 8 heteroatoms. The maximum Gasteiger partial charge on any atom is 0.203 e. The molecule has 3 aromatic rings. The quantitative estimate of drug-likeness (QED) is 0.224. The van der Waals surface area contributed by atoms with E-state index in [1.165, 1.54) is 58.9 Å². The molecule has 3 aromatic carbocycles. The predicted octanol–water partition coefficient (Wildman–Crippen LogP) is 5.54. The lowest BCUT2D eigenvalue weighted by molar-refractivity contribution is 0.104. The fourth-order valence-electron chi connectivity index (χ4n) is 3.39. The minimum absolute atomic E-state index is 0.0908.